The van der Waals surface area contributed by atoms with Gasteiger partial charge in [-0.15, -0.1) is 0 Å². The number of ether oxygens (including phenoxy) is 2. The van der Waals surface area contributed by atoms with E-state index in [4.69, 9.17) is 9.47 Å². The van der Waals surface area contributed by atoms with Gasteiger partial charge in [-0.25, -0.2) is 0 Å². The Balaban J connectivity index is 1.41. The number of likely N-dealkylation sites (N-methyl/N-ethyl adjacent to an activating group) is 1. The zero-order chi connectivity index (χ0) is 14.7. The van der Waals surface area contributed by atoms with Gasteiger partial charge in [0.2, 0.25) is 0 Å². The second-order valence-electron chi connectivity index (χ2n) is 6.10. The van der Waals surface area contributed by atoms with Gasteiger partial charge in [0.05, 0.1) is 12.7 Å². The molecule has 0 saturated carbocycles. The van der Waals surface area contributed by atoms with Crippen molar-refractivity contribution in [1.29, 1.82) is 0 Å². The van der Waals surface area contributed by atoms with Crippen LogP contribution in [0.4, 0.5) is 0 Å². The van der Waals surface area contributed by atoms with E-state index in [0.29, 0.717) is 6.10 Å². The molecule has 2 atom stereocenters. The molecule has 21 heavy (non-hydrogen) atoms. The van der Waals surface area contributed by atoms with Gasteiger partial charge in [0.1, 0.15) is 11.9 Å². The fourth-order valence-corrected chi connectivity index (χ4v) is 3.16. The monoisotopic (exact) mass is 290 g/mol. The van der Waals surface area contributed by atoms with Crippen LogP contribution in [0.3, 0.4) is 0 Å². The Kier molecular flexibility index (Phi) is 4.78. The maximum absolute atomic E-state index is 5.98. The van der Waals surface area contributed by atoms with Gasteiger partial charge in [-0.3, -0.25) is 4.90 Å². The van der Waals surface area contributed by atoms with Crippen LogP contribution in [0.1, 0.15) is 18.1 Å². The molecule has 0 aromatic heterocycles. The van der Waals surface area contributed by atoms with E-state index in [0.717, 1.165) is 51.5 Å². The lowest BCUT2D eigenvalue weighted by Crippen LogP contribution is -2.47. The van der Waals surface area contributed by atoms with E-state index in [1.54, 1.807) is 0 Å². The third kappa shape index (κ3) is 3.76. The zero-order valence-corrected chi connectivity index (χ0v) is 13.1. The number of hydrogen-bond donors (Lipinski definition) is 1. The van der Waals surface area contributed by atoms with Gasteiger partial charge in [-0.2, -0.15) is 0 Å². The summed E-state index contributed by atoms with van der Waals surface area (Å²) in [5, 5.41) is 3.51. The van der Waals surface area contributed by atoms with Gasteiger partial charge < -0.3 is 14.8 Å². The van der Waals surface area contributed by atoms with Crippen LogP contribution in [0.2, 0.25) is 0 Å². The van der Waals surface area contributed by atoms with Gasteiger partial charge in [0, 0.05) is 32.6 Å². The quantitative estimate of drug-likeness (QED) is 0.893. The van der Waals surface area contributed by atoms with E-state index < -0.39 is 0 Å². The van der Waals surface area contributed by atoms with E-state index in [1.807, 2.05) is 0 Å². The number of nitrogens with one attached hydrogen (secondary N) is 1. The summed E-state index contributed by atoms with van der Waals surface area (Å²) in [6, 6.07) is 6.44. The molecule has 2 heterocycles. The molecule has 2 aliphatic rings. The first-order valence-corrected chi connectivity index (χ1v) is 8.05. The van der Waals surface area contributed by atoms with Gasteiger partial charge in [-0.05, 0) is 25.1 Å². The van der Waals surface area contributed by atoms with Crippen LogP contribution in [0.15, 0.2) is 18.2 Å². The normalized spacial score (nSPS) is 25.6. The minimum Gasteiger partial charge on any atom is -0.488 e. The van der Waals surface area contributed by atoms with Crippen molar-refractivity contribution in [3.05, 3.63) is 29.3 Å². The molecule has 2 unspecified atom stereocenters. The van der Waals surface area contributed by atoms with Crippen LogP contribution in [-0.4, -0.2) is 56.4 Å². The largest absolute Gasteiger partial charge is 0.488 e. The number of nitrogens with zero attached hydrogens (tertiary/aromatic N) is 1. The van der Waals surface area contributed by atoms with Crippen molar-refractivity contribution in [2.75, 3.05) is 39.3 Å². The summed E-state index contributed by atoms with van der Waals surface area (Å²) in [4.78, 5) is 2.44. The van der Waals surface area contributed by atoms with Gasteiger partial charge >= 0.3 is 0 Å². The molecule has 1 aromatic rings. The molecule has 116 valence electrons. The summed E-state index contributed by atoms with van der Waals surface area (Å²) in [7, 11) is 0. The van der Waals surface area contributed by atoms with Crippen molar-refractivity contribution < 1.29 is 9.47 Å². The maximum Gasteiger partial charge on any atom is 0.123 e. The van der Waals surface area contributed by atoms with E-state index in [2.05, 4.69) is 42.3 Å². The van der Waals surface area contributed by atoms with Crippen molar-refractivity contribution in [2.24, 2.45) is 0 Å². The highest BCUT2D eigenvalue weighted by atomic mass is 16.5. The first-order chi connectivity index (χ1) is 10.2. The molecule has 1 fully saturated rings. The summed E-state index contributed by atoms with van der Waals surface area (Å²) >= 11 is 0. The fraction of sp³-hybridized carbons (Fsp3) is 0.647. The topological polar surface area (TPSA) is 33.7 Å². The molecular weight excluding hydrogens is 264 g/mol. The molecule has 1 aromatic carbocycles. The fourth-order valence-electron chi connectivity index (χ4n) is 3.16. The predicted octanol–water partition coefficient (Wildman–Crippen LogP) is 1.61. The first-order valence-electron chi connectivity index (χ1n) is 8.05. The van der Waals surface area contributed by atoms with Crippen molar-refractivity contribution in [3.8, 4) is 5.75 Å². The molecule has 0 amide bonds. The molecule has 0 aliphatic carbocycles. The minimum absolute atomic E-state index is 0.257. The molecule has 0 bridgehead atoms. The Hall–Kier alpha value is -1.10. The van der Waals surface area contributed by atoms with Crippen LogP contribution in [-0.2, 0) is 11.2 Å². The molecular formula is C17H26N2O2. The Bertz CT molecular complexity index is 478. The standard InChI is InChI=1S/C17H26N2O2/c1-3-19-6-7-20-16(12-19)11-18-10-15-9-14-8-13(2)4-5-17(14)21-15/h4-5,8,15-16,18H,3,6-7,9-12H2,1-2H3. The summed E-state index contributed by atoms with van der Waals surface area (Å²) < 4.78 is 11.8. The summed E-state index contributed by atoms with van der Waals surface area (Å²) in [5.41, 5.74) is 2.65. The highest BCUT2D eigenvalue weighted by Crippen LogP contribution is 2.29. The zero-order valence-electron chi connectivity index (χ0n) is 13.1. The smallest absolute Gasteiger partial charge is 0.123 e. The summed E-state index contributed by atoms with van der Waals surface area (Å²) in [5.74, 6) is 1.05. The van der Waals surface area contributed by atoms with E-state index in [1.165, 1.54) is 11.1 Å². The molecule has 0 radical (unpaired) electrons. The summed E-state index contributed by atoms with van der Waals surface area (Å²) in [6.07, 6.45) is 1.58. The lowest BCUT2D eigenvalue weighted by atomic mass is 10.1. The molecule has 1 saturated heterocycles. The van der Waals surface area contributed by atoms with Crippen LogP contribution < -0.4 is 10.1 Å². The Labute approximate surface area is 127 Å². The van der Waals surface area contributed by atoms with Gasteiger partial charge in [0.15, 0.2) is 0 Å². The van der Waals surface area contributed by atoms with Crippen LogP contribution in [0.5, 0.6) is 5.75 Å². The number of aryl methyl sites for hydroxylation is 1. The van der Waals surface area contributed by atoms with Crippen molar-refractivity contribution in [1.82, 2.24) is 10.2 Å². The first kappa shape index (κ1) is 14.8. The number of fused-ring (bicyclic) bond motifs is 1. The predicted molar refractivity (Wildman–Crippen MR) is 84.0 cm³/mol. The maximum atomic E-state index is 5.98. The molecule has 1 N–H and O–H groups in total. The van der Waals surface area contributed by atoms with Crippen LogP contribution >= 0.6 is 0 Å². The second kappa shape index (κ2) is 6.77. The van der Waals surface area contributed by atoms with Gasteiger partial charge in [-0.1, -0.05) is 24.6 Å². The highest BCUT2D eigenvalue weighted by molar-refractivity contribution is 5.40. The Morgan fingerprint density at radius 2 is 2.14 bits per heavy atom. The third-order valence-electron chi connectivity index (χ3n) is 4.37. The molecule has 3 rings (SSSR count). The average molecular weight is 290 g/mol. The van der Waals surface area contributed by atoms with Crippen molar-refractivity contribution in [2.45, 2.75) is 32.5 Å². The lowest BCUT2D eigenvalue weighted by molar-refractivity contribution is -0.0258. The number of hydrogen-bond acceptors (Lipinski definition) is 4. The lowest BCUT2D eigenvalue weighted by Gasteiger charge is -2.32. The van der Waals surface area contributed by atoms with Crippen LogP contribution in [0.25, 0.3) is 0 Å². The van der Waals surface area contributed by atoms with Crippen LogP contribution in [0, 0.1) is 6.92 Å². The Morgan fingerprint density at radius 3 is 3.00 bits per heavy atom. The van der Waals surface area contributed by atoms with Crippen molar-refractivity contribution in [3.63, 3.8) is 0 Å². The van der Waals surface area contributed by atoms with E-state index >= 15 is 0 Å². The highest BCUT2D eigenvalue weighted by Gasteiger charge is 2.23. The molecule has 2 aliphatic heterocycles. The third-order valence-corrected chi connectivity index (χ3v) is 4.37. The van der Waals surface area contributed by atoms with E-state index in [9.17, 15) is 0 Å². The SMILES string of the molecule is CCN1CCOC(CNCC2Cc3cc(C)ccc3O2)C1. The number of rotatable bonds is 5. The van der Waals surface area contributed by atoms with Gasteiger partial charge in [0.25, 0.3) is 0 Å². The minimum atomic E-state index is 0.257. The van der Waals surface area contributed by atoms with Crippen molar-refractivity contribution >= 4 is 0 Å². The van der Waals surface area contributed by atoms with E-state index in [-0.39, 0.29) is 6.10 Å². The number of benzene rings is 1. The molecule has 0 spiro atoms. The average Bonchev–Trinajstić information content (AvgIpc) is 2.89. The molecule has 4 heteroatoms. The number of morpholine rings is 1. The molecule has 4 nitrogen and oxygen atoms in total. The Morgan fingerprint density at radius 1 is 1.29 bits per heavy atom. The summed E-state index contributed by atoms with van der Waals surface area (Å²) in [6.45, 7) is 10.2. The second-order valence-corrected chi connectivity index (χ2v) is 6.10.